The number of nitrogen functional groups attached to an aromatic ring is 1. The number of nitro benzene ring substituents is 1. The summed E-state index contributed by atoms with van der Waals surface area (Å²) < 4.78 is 5.21. The molecule has 2 heterocycles. The zero-order valence-corrected chi connectivity index (χ0v) is 12.1. The van der Waals surface area contributed by atoms with Crippen LogP contribution in [0.4, 0.5) is 11.5 Å². The van der Waals surface area contributed by atoms with E-state index < -0.39 is 4.92 Å². The van der Waals surface area contributed by atoms with Crippen molar-refractivity contribution in [3.05, 3.63) is 34.6 Å². The topological polar surface area (TPSA) is 133 Å². The number of non-ortho nitro benzene ring substituents is 1. The fourth-order valence-electron chi connectivity index (χ4n) is 1.84. The van der Waals surface area contributed by atoms with Crippen LogP contribution >= 0.6 is 11.8 Å². The van der Waals surface area contributed by atoms with Crippen molar-refractivity contribution in [2.75, 3.05) is 12.8 Å². The van der Waals surface area contributed by atoms with Crippen molar-refractivity contribution in [2.45, 2.75) is 10.1 Å². The molecule has 10 heteroatoms. The Hall–Kier alpha value is -2.88. The molecule has 1 aromatic carbocycles. The lowest BCUT2D eigenvalue weighted by Gasteiger charge is -2.05. The molecule has 0 unspecified atom stereocenters. The number of methoxy groups -OCH3 is 1. The third kappa shape index (κ3) is 2.51. The van der Waals surface area contributed by atoms with E-state index >= 15 is 0 Å². The van der Waals surface area contributed by atoms with Crippen LogP contribution in [0, 0.1) is 10.1 Å². The highest BCUT2D eigenvalue weighted by molar-refractivity contribution is 7.99. The van der Waals surface area contributed by atoms with Crippen LogP contribution in [0.3, 0.4) is 0 Å². The van der Waals surface area contributed by atoms with Gasteiger partial charge in [-0.15, -0.1) is 0 Å². The number of aromatic nitrogens is 4. The van der Waals surface area contributed by atoms with E-state index in [0.717, 1.165) is 0 Å². The average molecular weight is 318 g/mol. The zero-order chi connectivity index (χ0) is 15.7. The number of rotatable bonds is 4. The van der Waals surface area contributed by atoms with E-state index in [1.54, 1.807) is 0 Å². The predicted molar refractivity (Wildman–Crippen MR) is 79.9 cm³/mol. The molecule has 3 rings (SSSR count). The first kappa shape index (κ1) is 14.1. The van der Waals surface area contributed by atoms with Gasteiger partial charge in [-0.05, 0) is 17.8 Å². The summed E-state index contributed by atoms with van der Waals surface area (Å²) in [6, 6.07) is 4.34. The highest BCUT2D eigenvalue weighted by Crippen LogP contribution is 2.36. The number of benzene rings is 1. The van der Waals surface area contributed by atoms with Crippen LogP contribution in [0.5, 0.6) is 5.75 Å². The summed E-state index contributed by atoms with van der Waals surface area (Å²) >= 11 is 1.19. The molecule has 22 heavy (non-hydrogen) atoms. The van der Waals surface area contributed by atoms with Gasteiger partial charge in [0.15, 0.2) is 16.6 Å². The Kier molecular flexibility index (Phi) is 3.51. The van der Waals surface area contributed by atoms with Gasteiger partial charge in [-0.1, -0.05) is 0 Å². The van der Waals surface area contributed by atoms with E-state index in [4.69, 9.17) is 10.5 Å². The van der Waals surface area contributed by atoms with E-state index in [0.29, 0.717) is 27.0 Å². The summed E-state index contributed by atoms with van der Waals surface area (Å²) in [4.78, 5) is 26.1. The molecular weight excluding hydrogens is 308 g/mol. The zero-order valence-electron chi connectivity index (χ0n) is 11.3. The largest absolute Gasteiger partial charge is 0.496 e. The number of imidazole rings is 1. The molecule has 0 atom stereocenters. The Morgan fingerprint density at radius 2 is 2.23 bits per heavy atom. The van der Waals surface area contributed by atoms with Crippen molar-refractivity contribution in [1.82, 2.24) is 19.9 Å². The molecule has 112 valence electrons. The number of hydrogen-bond acceptors (Lipinski definition) is 8. The summed E-state index contributed by atoms with van der Waals surface area (Å²) in [6.07, 6.45) is 1.32. The Labute approximate surface area is 128 Å². The highest BCUT2D eigenvalue weighted by Gasteiger charge is 2.15. The molecule has 0 fully saturated rings. The molecule has 0 saturated carbocycles. The number of hydrogen-bond donors (Lipinski definition) is 2. The number of nitrogens with zero attached hydrogens (tertiary/aromatic N) is 4. The average Bonchev–Trinajstić information content (AvgIpc) is 2.91. The Morgan fingerprint density at radius 3 is 2.91 bits per heavy atom. The van der Waals surface area contributed by atoms with Crippen LogP contribution in [0.2, 0.25) is 0 Å². The lowest BCUT2D eigenvalue weighted by molar-refractivity contribution is -0.385. The number of nitrogens with two attached hydrogens (primary N) is 1. The fourth-order valence-corrected chi connectivity index (χ4v) is 2.76. The third-order valence-corrected chi connectivity index (χ3v) is 3.79. The minimum atomic E-state index is -0.467. The molecule has 0 bridgehead atoms. The van der Waals surface area contributed by atoms with Crippen LogP contribution in [0.15, 0.2) is 34.6 Å². The van der Waals surface area contributed by atoms with Crippen molar-refractivity contribution in [2.24, 2.45) is 0 Å². The number of anilines is 1. The van der Waals surface area contributed by atoms with Gasteiger partial charge in [0, 0.05) is 12.1 Å². The lowest BCUT2D eigenvalue weighted by Crippen LogP contribution is -1.92. The van der Waals surface area contributed by atoms with Crippen LogP contribution in [-0.4, -0.2) is 32.0 Å². The predicted octanol–water partition coefficient (Wildman–Crippen LogP) is 2.00. The second-order valence-electron chi connectivity index (χ2n) is 4.19. The van der Waals surface area contributed by atoms with Crippen molar-refractivity contribution in [3.63, 3.8) is 0 Å². The molecule has 0 aliphatic heterocycles. The van der Waals surface area contributed by atoms with E-state index in [1.807, 2.05) is 0 Å². The number of nitrogens with one attached hydrogen (secondary N) is 1. The summed E-state index contributed by atoms with van der Waals surface area (Å²) in [5.74, 6) is 0.797. The molecule has 3 aromatic rings. The van der Waals surface area contributed by atoms with Crippen molar-refractivity contribution in [1.29, 1.82) is 0 Å². The minimum Gasteiger partial charge on any atom is -0.496 e. The van der Waals surface area contributed by atoms with Gasteiger partial charge in [-0.2, -0.15) is 0 Å². The summed E-state index contributed by atoms with van der Waals surface area (Å²) in [6.45, 7) is 0. The van der Waals surface area contributed by atoms with Gasteiger partial charge in [0.1, 0.15) is 17.6 Å². The molecule has 3 N–H and O–H groups in total. The second-order valence-corrected chi connectivity index (χ2v) is 5.22. The van der Waals surface area contributed by atoms with Crippen LogP contribution in [-0.2, 0) is 0 Å². The summed E-state index contributed by atoms with van der Waals surface area (Å²) in [7, 11) is 1.49. The van der Waals surface area contributed by atoms with Crippen LogP contribution in [0.25, 0.3) is 11.2 Å². The Balaban J connectivity index is 2.01. The van der Waals surface area contributed by atoms with Gasteiger partial charge in [0.2, 0.25) is 0 Å². The Bertz CT molecular complexity index is 865. The van der Waals surface area contributed by atoms with Gasteiger partial charge in [-0.25, -0.2) is 15.0 Å². The maximum Gasteiger partial charge on any atom is 0.270 e. The van der Waals surface area contributed by atoms with E-state index in [2.05, 4.69) is 19.9 Å². The first-order valence-corrected chi connectivity index (χ1v) is 6.86. The lowest BCUT2D eigenvalue weighted by atomic mass is 10.3. The van der Waals surface area contributed by atoms with Crippen LogP contribution in [0.1, 0.15) is 0 Å². The van der Waals surface area contributed by atoms with E-state index in [1.165, 1.54) is 43.4 Å². The molecule has 0 amide bonds. The molecule has 9 nitrogen and oxygen atoms in total. The normalized spacial score (nSPS) is 10.8. The number of nitro groups is 1. The smallest absolute Gasteiger partial charge is 0.270 e. The van der Waals surface area contributed by atoms with Gasteiger partial charge < -0.3 is 15.5 Å². The SMILES string of the molecule is COc1ccc([N+](=O)[O-])cc1Sc1nc2ncnc(N)c2[nH]1. The Morgan fingerprint density at radius 1 is 1.41 bits per heavy atom. The van der Waals surface area contributed by atoms with Gasteiger partial charge in [-0.3, -0.25) is 10.1 Å². The molecule has 0 saturated heterocycles. The number of H-pyrrole nitrogens is 1. The maximum atomic E-state index is 10.9. The number of fused-ring (bicyclic) bond motifs is 1. The van der Waals surface area contributed by atoms with Crippen molar-refractivity contribution < 1.29 is 9.66 Å². The van der Waals surface area contributed by atoms with Crippen molar-refractivity contribution >= 4 is 34.4 Å². The highest BCUT2D eigenvalue weighted by atomic mass is 32.2. The monoisotopic (exact) mass is 318 g/mol. The molecule has 0 radical (unpaired) electrons. The summed E-state index contributed by atoms with van der Waals surface area (Å²) in [5.41, 5.74) is 6.66. The quantitative estimate of drug-likeness (QED) is 0.551. The minimum absolute atomic E-state index is 0.0290. The molecule has 2 aromatic heterocycles. The molecule has 0 aliphatic rings. The number of ether oxygens (including phenoxy) is 1. The molecule has 0 aliphatic carbocycles. The fraction of sp³-hybridized carbons (Fsp3) is 0.0833. The van der Waals surface area contributed by atoms with Crippen LogP contribution < -0.4 is 10.5 Å². The first-order chi connectivity index (χ1) is 10.6. The third-order valence-electron chi connectivity index (χ3n) is 2.86. The number of aromatic amines is 1. The molecular formula is C12H10N6O3S. The van der Waals surface area contributed by atoms with Gasteiger partial charge >= 0.3 is 0 Å². The van der Waals surface area contributed by atoms with Gasteiger partial charge in [0.25, 0.3) is 5.69 Å². The van der Waals surface area contributed by atoms with Crippen molar-refractivity contribution in [3.8, 4) is 5.75 Å². The van der Waals surface area contributed by atoms with Gasteiger partial charge in [0.05, 0.1) is 16.9 Å². The van der Waals surface area contributed by atoms with E-state index in [-0.39, 0.29) is 11.5 Å². The maximum absolute atomic E-state index is 10.9. The molecule has 0 spiro atoms. The van der Waals surface area contributed by atoms with E-state index in [9.17, 15) is 10.1 Å². The summed E-state index contributed by atoms with van der Waals surface area (Å²) in [5, 5.41) is 11.4. The first-order valence-electron chi connectivity index (χ1n) is 6.05. The second kappa shape index (κ2) is 5.48. The standard InChI is InChI=1S/C12H10N6O3S/c1-21-7-3-2-6(18(19)20)4-8(7)22-12-16-9-10(13)14-5-15-11(9)17-12/h2-5H,1H3,(H3,13,14,15,16,17).